The van der Waals surface area contributed by atoms with Crippen molar-refractivity contribution in [1.82, 2.24) is 5.32 Å². The molecule has 0 heterocycles. The predicted octanol–water partition coefficient (Wildman–Crippen LogP) is 1.61. The van der Waals surface area contributed by atoms with Gasteiger partial charge in [0.2, 0.25) is 0 Å². The Kier molecular flexibility index (Phi) is 6.39. The van der Waals surface area contributed by atoms with E-state index in [1.165, 1.54) is 6.42 Å². The number of nitrogens with two attached hydrogens (primary N) is 1. The number of hydrogen-bond donors (Lipinski definition) is 2. The average molecular weight is 172 g/mol. The summed E-state index contributed by atoms with van der Waals surface area (Å²) in [5.74, 6) is 1.30. The van der Waals surface area contributed by atoms with Gasteiger partial charge in [-0.15, -0.1) is 0 Å². The van der Waals surface area contributed by atoms with E-state index >= 15 is 0 Å². The predicted molar refractivity (Wildman–Crippen MR) is 55.1 cm³/mol. The lowest BCUT2D eigenvalue weighted by Gasteiger charge is -2.26. The van der Waals surface area contributed by atoms with E-state index in [4.69, 9.17) is 5.73 Å². The first-order valence-corrected chi connectivity index (χ1v) is 5.03. The van der Waals surface area contributed by atoms with Gasteiger partial charge in [-0.2, -0.15) is 0 Å². The molecule has 2 atom stereocenters. The lowest BCUT2D eigenvalue weighted by molar-refractivity contribution is 0.298. The van der Waals surface area contributed by atoms with Crippen LogP contribution in [0.5, 0.6) is 0 Å². The summed E-state index contributed by atoms with van der Waals surface area (Å²) in [6, 6.07) is 0.363. The molecule has 0 aliphatic heterocycles. The van der Waals surface area contributed by atoms with Gasteiger partial charge >= 0.3 is 0 Å². The zero-order chi connectivity index (χ0) is 9.56. The fraction of sp³-hybridized carbons (Fsp3) is 1.00. The molecular weight excluding hydrogens is 148 g/mol. The molecule has 12 heavy (non-hydrogen) atoms. The van der Waals surface area contributed by atoms with Gasteiger partial charge in [-0.05, 0) is 31.8 Å². The zero-order valence-electron chi connectivity index (χ0n) is 8.93. The van der Waals surface area contributed by atoms with Gasteiger partial charge in [0.25, 0.3) is 0 Å². The van der Waals surface area contributed by atoms with Crippen LogP contribution in [0.3, 0.4) is 0 Å². The standard InChI is InChI=1S/C10H24N2/c1-5-6-10(11)9(7-12-4)8(2)3/h8-10,12H,5-7,11H2,1-4H3. The highest BCUT2D eigenvalue weighted by molar-refractivity contribution is 4.76. The lowest BCUT2D eigenvalue weighted by atomic mass is 9.86. The second-order valence-electron chi connectivity index (χ2n) is 3.92. The minimum absolute atomic E-state index is 0.363. The van der Waals surface area contributed by atoms with Crippen LogP contribution in [0.2, 0.25) is 0 Å². The van der Waals surface area contributed by atoms with Crippen LogP contribution in [-0.2, 0) is 0 Å². The number of nitrogens with one attached hydrogen (secondary N) is 1. The fourth-order valence-corrected chi connectivity index (χ4v) is 1.66. The maximum Gasteiger partial charge on any atom is 0.00816 e. The van der Waals surface area contributed by atoms with Crippen LogP contribution in [-0.4, -0.2) is 19.6 Å². The summed E-state index contributed by atoms with van der Waals surface area (Å²) in [6.45, 7) is 7.73. The second kappa shape index (κ2) is 6.44. The van der Waals surface area contributed by atoms with Crippen molar-refractivity contribution in [1.29, 1.82) is 0 Å². The first-order chi connectivity index (χ1) is 5.63. The summed E-state index contributed by atoms with van der Waals surface area (Å²) < 4.78 is 0. The zero-order valence-corrected chi connectivity index (χ0v) is 8.93. The Hall–Kier alpha value is -0.0800. The van der Waals surface area contributed by atoms with Crippen LogP contribution >= 0.6 is 0 Å². The molecule has 0 bridgehead atoms. The molecule has 0 amide bonds. The van der Waals surface area contributed by atoms with Crippen LogP contribution in [0.1, 0.15) is 33.6 Å². The molecule has 0 aromatic heterocycles. The van der Waals surface area contributed by atoms with Crippen molar-refractivity contribution in [2.45, 2.75) is 39.7 Å². The largest absolute Gasteiger partial charge is 0.327 e. The molecule has 0 aliphatic rings. The highest BCUT2D eigenvalue weighted by Gasteiger charge is 2.19. The molecule has 0 aliphatic carbocycles. The molecule has 0 rings (SSSR count). The van der Waals surface area contributed by atoms with E-state index in [2.05, 4.69) is 26.1 Å². The quantitative estimate of drug-likeness (QED) is 0.639. The maximum absolute atomic E-state index is 6.08. The number of rotatable bonds is 6. The summed E-state index contributed by atoms with van der Waals surface area (Å²) >= 11 is 0. The summed E-state index contributed by atoms with van der Waals surface area (Å²) in [7, 11) is 1.99. The van der Waals surface area contributed by atoms with Crippen LogP contribution in [0, 0.1) is 11.8 Å². The highest BCUT2D eigenvalue weighted by Crippen LogP contribution is 2.16. The van der Waals surface area contributed by atoms with Gasteiger partial charge in [-0.3, -0.25) is 0 Å². The fourth-order valence-electron chi connectivity index (χ4n) is 1.66. The Bertz CT molecular complexity index is 102. The Labute approximate surface area is 76.9 Å². The molecule has 0 saturated carbocycles. The van der Waals surface area contributed by atoms with E-state index in [1.807, 2.05) is 7.05 Å². The Morgan fingerprint density at radius 2 is 1.92 bits per heavy atom. The van der Waals surface area contributed by atoms with E-state index in [-0.39, 0.29) is 0 Å². The third-order valence-electron chi connectivity index (χ3n) is 2.47. The first kappa shape index (κ1) is 11.9. The minimum atomic E-state index is 0.363. The molecule has 0 radical (unpaired) electrons. The molecule has 2 unspecified atom stereocenters. The smallest absolute Gasteiger partial charge is 0.00816 e. The van der Waals surface area contributed by atoms with E-state index < -0.39 is 0 Å². The van der Waals surface area contributed by atoms with E-state index in [1.54, 1.807) is 0 Å². The third kappa shape index (κ3) is 4.07. The topological polar surface area (TPSA) is 38.0 Å². The van der Waals surface area contributed by atoms with Crippen molar-refractivity contribution in [3.63, 3.8) is 0 Å². The second-order valence-corrected chi connectivity index (χ2v) is 3.92. The van der Waals surface area contributed by atoms with Crippen molar-refractivity contribution in [2.24, 2.45) is 17.6 Å². The molecular formula is C10H24N2. The van der Waals surface area contributed by atoms with Gasteiger partial charge in [0.1, 0.15) is 0 Å². The molecule has 2 nitrogen and oxygen atoms in total. The molecule has 2 heteroatoms. The van der Waals surface area contributed by atoms with Gasteiger partial charge in [-0.25, -0.2) is 0 Å². The van der Waals surface area contributed by atoms with Crippen LogP contribution in [0.25, 0.3) is 0 Å². The number of hydrogen-bond acceptors (Lipinski definition) is 2. The summed E-state index contributed by atoms with van der Waals surface area (Å²) in [5.41, 5.74) is 6.08. The molecule has 3 N–H and O–H groups in total. The Morgan fingerprint density at radius 1 is 1.33 bits per heavy atom. The Morgan fingerprint density at radius 3 is 2.25 bits per heavy atom. The first-order valence-electron chi connectivity index (χ1n) is 5.03. The highest BCUT2D eigenvalue weighted by atomic mass is 14.8. The average Bonchev–Trinajstić information content (AvgIpc) is 1.99. The molecule has 0 fully saturated rings. The van der Waals surface area contributed by atoms with E-state index in [0.29, 0.717) is 17.9 Å². The van der Waals surface area contributed by atoms with Gasteiger partial charge in [0.15, 0.2) is 0 Å². The van der Waals surface area contributed by atoms with Crippen molar-refractivity contribution >= 4 is 0 Å². The molecule has 0 spiro atoms. The van der Waals surface area contributed by atoms with Crippen molar-refractivity contribution in [3.8, 4) is 0 Å². The third-order valence-corrected chi connectivity index (χ3v) is 2.47. The molecule has 0 saturated heterocycles. The summed E-state index contributed by atoms with van der Waals surface area (Å²) in [4.78, 5) is 0. The van der Waals surface area contributed by atoms with Gasteiger partial charge in [0, 0.05) is 6.04 Å². The van der Waals surface area contributed by atoms with E-state index in [0.717, 1.165) is 13.0 Å². The van der Waals surface area contributed by atoms with Crippen LogP contribution in [0.4, 0.5) is 0 Å². The van der Waals surface area contributed by atoms with Crippen molar-refractivity contribution in [3.05, 3.63) is 0 Å². The SMILES string of the molecule is CCCC(N)C(CNC)C(C)C. The molecule has 0 aromatic rings. The minimum Gasteiger partial charge on any atom is -0.327 e. The monoisotopic (exact) mass is 172 g/mol. The van der Waals surface area contributed by atoms with Gasteiger partial charge < -0.3 is 11.1 Å². The van der Waals surface area contributed by atoms with Crippen molar-refractivity contribution < 1.29 is 0 Å². The van der Waals surface area contributed by atoms with Crippen molar-refractivity contribution in [2.75, 3.05) is 13.6 Å². The van der Waals surface area contributed by atoms with Gasteiger partial charge in [0.05, 0.1) is 0 Å². The summed E-state index contributed by atoms with van der Waals surface area (Å²) in [6.07, 6.45) is 2.33. The van der Waals surface area contributed by atoms with Crippen LogP contribution in [0.15, 0.2) is 0 Å². The normalized spacial score (nSPS) is 16.5. The summed E-state index contributed by atoms with van der Waals surface area (Å²) in [5, 5.41) is 3.21. The molecule has 74 valence electrons. The lowest BCUT2D eigenvalue weighted by Crippen LogP contribution is -2.39. The van der Waals surface area contributed by atoms with Crippen LogP contribution < -0.4 is 11.1 Å². The van der Waals surface area contributed by atoms with E-state index in [9.17, 15) is 0 Å². The van der Waals surface area contributed by atoms with Gasteiger partial charge in [-0.1, -0.05) is 27.2 Å². The molecule has 0 aromatic carbocycles. The maximum atomic E-state index is 6.08. The Balaban J connectivity index is 3.90.